The molecule has 0 bridgehead atoms. The molecule has 4 aromatic rings. The second kappa shape index (κ2) is 9.71. The maximum atomic E-state index is 11.5. The second-order valence-electron chi connectivity index (χ2n) is 7.32. The van der Waals surface area contributed by atoms with Gasteiger partial charge in [-0.05, 0) is 54.4 Å². The summed E-state index contributed by atoms with van der Waals surface area (Å²) in [6.07, 6.45) is 0.585. The van der Waals surface area contributed by atoms with E-state index in [2.05, 4.69) is 4.98 Å². The van der Waals surface area contributed by atoms with E-state index in [1.807, 2.05) is 55.5 Å². The largest absolute Gasteiger partial charge is 0.489 e. The van der Waals surface area contributed by atoms with Crippen molar-refractivity contribution in [1.29, 1.82) is 0 Å². The van der Waals surface area contributed by atoms with Crippen molar-refractivity contribution in [3.05, 3.63) is 106 Å². The predicted molar refractivity (Wildman–Crippen MR) is 123 cm³/mol. The highest BCUT2D eigenvalue weighted by Crippen LogP contribution is 2.26. The maximum absolute atomic E-state index is 11.5. The summed E-state index contributed by atoms with van der Waals surface area (Å²) < 4.78 is 16.4. The van der Waals surface area contributed by atoms with E-state index in [9.17, 15) is 4.79 Å². The number of benzene rings is 3. The molecule has 32 heavy (non-hydrogen) atoms. The van der Waals surface area contributed by atoms with Gasteiger partial charge in [0.25, 0.3) is 0 Å². The lowest BCUT2D eigenvalue weighted by Gasteiger charge is -2.07. The number of esters is 1. The van der Waals surface area contributed by atoms with Gasteiger partial charge >= 0.3 is 5.97 Å². The molecule has 0 saturated heterocycles. The fraction of sp³-hybridized carbons (Fsp3) is 0.154. The Kier molecular flexibility index (Phi) is 6.57. The summed E-state index contributed by atoms with van der Waals surface area (Å²) in [6.45, 7) is 2.33. The van der Waals surface area contributed by atoms with Crippen LogP contribution >= 0.6 is 11.6 Å². The van der Waals surface area contributed by atoms with Crippen LogP contribution in [-0.4, -0.2) is 18.1 Å². The number of rotatable bonds is 7. The summed E-state index contributed by atoms with van der Waals surface area (Å²) in [5.41, 5.74) is 4.37. The highest BCUT2D eigenvalue weighted by molar-refractivity contribution is 6.30. The average molecular weight is 448 g/mol. The lowest BCUT2D eigenvalue weighted by Crippen LogP contribution is -2.01. The number of oxazole rings is 1. The topological polar surface area (TPSA) is 61.6 Å². The van der Waals surface area contributed by atoms with E-state index in [1.165, 1.54) is 7.11 Å². The molecule has 4 rings (SSSR count). The van der Waals surface area contributed by atoms with E-state index in [0.717, 1.165) is 28.1 Å². The number of carbonyl (C=O) groups is 1. The predicted octanol–water partition coefficient (Wildman–Crippen LogP) is 6.26. The Morgan fingerprint density at radius 3 is 2.44 bits per heavy atom. The highest BCUT2D eigenvalue weighted by atomic mass is 35.5. The molecule has 0 atom stereocenters. The third-order valence-corrected chi connectivity index (χ3v) is 5.23. The number of ether oxygens (including phenoxy) is 2. The fourth-order valence-electron chi connectivity index (χ4n) is 3.35. The molecule has 0 aliphatic rings. The van der Waals surface area contributed by atoms with Gasteiger partial charge in [0.15, 0.2) is 5.89 Å². The number of hydrogen-bond donors (Lipinski definition) is 0. The lowest BCUT2D eigenvalue weighted by molar-refractivity contribution is 0.0600. The number of aryl methyl sites for hydroxylation is 1. The van der Waals surface area contributed by atoms with Gasteiger partial charge in [0.1, 0.15) is 23.8 Å². The minimum atomic E-state index is -0.369. The summed E-state index contributed by atoms with van der Waals surface area (Å²) in [5, 5.41) is 0.697. The quantitative estimate of drug-likeness (QED) is 0.313. The molecule has 6 heteroatoms. The van der Waals surface area contributed by atoms with Gasteiger partial charge in [-0.1, -0.05) is 48.0 Å². The van der Waals surface area contributed by atoms with Crippen molar-refractivity contribution in [2.75, 3.05) is 7.11 Å². The van der Waals surface area contributed by atoms with Gasteiger partial charge in [-0.3, -0.25) is 0 Å². The van der Waals surface area contributed by atoms with Crippen molar-refractivity contribution in [1.82, 2.24) is 4.98 Å². The van der Waals surface area contributed by atoms with Crippen LogP contribution in [0.15, 0.2) is 77.2 Å². The molecule has 0 aliphatic carbocycles. The monoisotopic (exact) mass is 447 g/mol. The Morgan fingerprint density at radius 2 is 1.75 bits per heavy atom. The summed E-state index contributed by atoms with van der Waals surface area (Å²) in [4.78, 5) is 16.2. The van der Waals surface area contributed by atoms with Gasteiger partial charge < -0.3 is 13.9 Å². The van der Waals surface area contributed by atoms with Crippen LogP contribution < -0.4 is 4.74 Å². The Morgan fingerprint density at radius 1 is 1.00 bits per heavy atom. The van der Waals surface area contributed by atoms with Crippen LogP contribution in [0.1, 0.15) is 33.1 Å². The van der Waals surface area contributed by atoms with Gasteiger partial charge in [0.2, 0.25) is 0 Å². The summed E-state index contributed by atoms with van der Waals surface area (Å²) in [7, 11) is 1.36. The van der Waals surface area contributed by atoms with E-state index >= 15 is 0 Å². The molecule has 0 unspecified atom stereocenters. The number of hydrogen-bond acceptors (Lipinski definition) is 5. The van der Waals surface area contributed by atoms with Gasteiger partial charge in [-0.2, -0.15) is 0 Å². The molecular weight excluding hydrogens is 426 g/mol. The van der Waals surface area contributed by atoms with E-state index in [4.69, 9.17) is 25.5 Å². The molecular formula is C26H22ClNO4. The Labute approximate surface area is 191 Å². The lowest BCUT2D eigenvalue weighted by atomic mass is 10.1. The van der Waals surface area contributed by atoms with E-state index in [0.29, 0.717) is 35.3 Å². The van der Waals surface area contributed by atoms with E-state index in [1.54, 1.807) is 24.3 Å². The zero-order valence-electron chi connectivity index (χ0n) is 17.8. The Balaban J connectivity index is 1.40. The van der Waals surface area contributed by atoms with Gasteiger partial charge in [-0.15, -0.1) is 0 Å². The summed E-state index contributed by atoms with van der Waals surface area (Å²) in [6, 6.07) is 22.6. The fourth-order valence-corrected chi connectivity index (χ4v) is 3.56. The molecule has 162 valence electrons. The second-order valence-corrected chi connectivity index (χ2v) is 7.76. The van der Waals surface area contributed by atoms with Crippen molar-refractivity contribution in [2.24, 2.45) is 0 Å². The molecule has 3 aromatic carbocycles. The van der Waals surface area contributed by atoms with E-state index in [-0.39, 0.29) is 5.97 Å². The summed E-state index contributed by atoms with van der Waals surface area (Å²) >= 11 is 6.07. The smallest absolute Gasteiger partial charge is 0.337 e. The van der Waals surface area contributed by atoms with Crippen LogP contribution in [0.4, 0.5) is 0 Å². The first kappa shape index (κ1) is 21.7. The zero-order valence-corrected chi connectivity index (χ0v) is 18.6. The summed E-state index contributed by atoms with van der Waals surface area (Å²) in [5.74, 6) is 1.74. The highest BCUT2D eigenvalue weighted by Gasteiger charge is 2.12. The van der Waals surface area contributed by atoms with Gasteiger partial charge in [0.05, 0.1) is 12.7 Å². The SMILES string of the molecule is COC(=O)c1ccc(OCc2ccc(-c3nc(Cc4cccc(Cl)c4)oc3C)cc2)cc1. The normalized spacial score (nSPS) is 10.7. The molecule has 0 aliphatic heterocycles. The van der Waals surface area contributed by atoms with Crippen molar-refractivity contribution in [2.45, 2.75) is 20.0 Å². The number of halogens is 1. The number of methoxy groups -OCH3 is 1. The molecule has 1 heterocycles. The number of aromatic nitrogens is 1. The molecule has 5 nitrogen and oxygen atoms in total. The number of nitrogens with zero attached hydrogens (tertiary/aromatic N) is 1. The van der Waals surface area contributed by atoms with Crippen molar-refractivity contribution < 1.29 is 18.7 Å². The van der Waals surface area contributed by atoms with Crippen molar-refractivity contribution in [3.63, 3.8) is 0 Å². The van der Waals surface area contributed by atoms with Crippen LogP contribution in [-0.2, 0) is 17.8 Å². The molecule has 1 aromatic heterocycles. The third-order valence-electron chi connectivity index (χ3n) is 4.99. The Bertz CT molecular complexity index is 1210. The number of carbonyl (C=O) groups excluding carboxylic acids is 1. The minimum absolute atomic E-state index is 0.369. The zero-order chi connectivity index (χ0) is 22.5. The first-order chi connectivity index (χ1) is 15.5. The third kappa shape index (κ3) is 5.18. The molecule has 0 radical (unpaired) electrons. The van der Waals surface area contributed by atoms with Crippen LogP contribution in [0.5, 0.6) is 5.75 Å². The molecule has 0 spiro atoms. The molecule has 0 amide bonds. The van der Waals surface area contributed by atoms with Crippen LogP contribution in [0.3, 0.4) is 0 Å². The van der Waals surface area contributed by atoms with Gasteiger partial charge in [0, 0.05) is 17.0 Å². The van der Waals surface area contributed by atoms with Crippen molar-refractivity contribution >= 4 is 17.6 Å². The first-order valence-corrected chi connectivity index (χ1v) is 10.5. The molecule has 0 N–H and O–H groups in total. The molecule has 0 fully saturated rings. The minimum Gasteiger partial charge on any atom is -0.489 e. The van der Waals surface area contributed by atoms with Crippen LogP contribution in [0.2, 0.25) is 5.02 Å². The molecule has 0 saturated carbocycles. The van der Waals surface area contributed by atoms with Gasteiger partial charge in [-0.25, -0.2) is 9.78 Å². The van der Waals surface area contributed by atoms with Crippen LogP contribution in [0, 0.1) is 6.92 Å². The first-order valence-electron chi connectivity index (χ1n) is 10.1. The standard InChI is InChI=1S/C26H22ClNO4/c1-17-25(28-24(32-17)15-19-4-3-5-22(27)14-19)20-8-6-18(7-9-20)16-31-23-12-10-21(11-13-23)26(29)30-2/h3-14H,15-16H2,1-2H3. The van der Waals surface area contributed by atoms with Crippen molar-refractivity contribution in [3.8, 4) is 17.0 Å². The average Bonchev–Trinajstić information content (AvgIpc) is 3.17. The maximum Gasteiger partial charge on any atom is 0.337 e. The Hall–Kier alpha value is -3.57. The van der Waals surface area contributed by atoms with Crippen LogP contribution in [0.25, 0.3) is 11.3 Å². The van der Waals surface area contributed by atoms with E-state index < -0.39 is 0 Å².